The molecule has 35 heavy (non-hydrogen) atoms. The van der Waals surface area contributed by atoms with Crippen LogP contribution in [0.3, 0.4) is 0 Å². The first-order valence-electron chi connectivity index (χ1n) is 13.4. The summed E-state index contributed by atoms with van der Waals surface area (Å²) < 4.78 is 5.13. The molecule has 0 radical (unpaired) electrons. The average Bonchev–Trinajstić information content (AvgIpc) is 3.34. The molecule has 0 aliphatic rings. The molecule has 1 aromatic rings. The predicted molar refractivity (Wildman–Crippen MR) is 136 cm³/mol. The van der Waals surface area contributed by atoms with Gasteiger partial charge in [0.15, 0.2) is 0 Å². The van der Waals surface area contributed by atoms with E-state index in [0.717, 1.165) is 19.3 Å². The predicted octanol–water partition coefficient (Wildman–Crippen LogP) is 5.12. The highest BCUT2D eigenvalue weighted by Crippen LogP contribution is 2.13. The minimum absolute atomic E-state index is 0.0271. The van der Waals surface area contributed by atoms with Crippen LogP contribution in [0.15, 0.2) is 12.5 Å². The molecule has 0 saturated heterocycles. The number of aromatic amines is 1. The molecule has 200 valence electrons. The van der Waals surface area contributed by atoms with Crippen molar-refractivity contribution in [2.24, 2.45) is 0 Å². The molecule has 0 aliphatic heterocycles. The Morgan fingerprint density at radius 3 is 2.03 bits per heavy atom. The van der Waals surface area contributed by atoms with E-state index >= 15 is 0 Å². The third-order valence-electron chi connectivity index (χ3n) is 5.96. The summed E-state index contributed by atoms with van der Waals surface area (Å²) in [6.45, 7) is 2.70. The highest BCUT2D eigenvalue weighted by Gasteiger charge is 2.20. The normalized spacial score (nSPS) is 11.7. The van der Waals surface area contributed by atoms with Gasteiger partial charge in [-0.1, -0.05) is 90.4 Å². The number of H-pyrrole nitrogens is 1. The standard InChI is InChI=1S/C26H46N4O5/c1-2-3-4-5-6-7-8-9-10-11-12-13-14-15-18-35-26(34)28-17-16-24(31)30-23(25(32)33)19-22-20-27-21-29-22/h20-21,23H,2-19H2,1H3,(H,27,29)(H,28,34)(H,30,31)(H,32,33)/t23-/m0/s1. The number of unbranched alkanes of at least 4 members (excludes halogenated alkanes) is 13. The monoisotopic (exact) mass is 494 g/mol. The van der Waals surface area contributed by atoms with Crippen molar-refractivity contribution in [3.63, 3.8) is 0 Å². The molecule has 2 amide bonds. The Morgan fingerprint density at radius 1 is 0.943 bits per heavy atom. The van der Waals surface area contributed by atoms with Gasteiger partial charge in [0, 0.05) is 31.3 Å². The molecule has 0 bridgehead atoms. The fraction of sp³-hybridized carbons (Fsp3) is 0.769. The van der Waals surface area contributed by atoms with Crippen LogP contribution in [-0.4, -0.2) is 52.2 Å². The molecule has 0 spiro atoms. The maximum Gasteiger partial charge on any atom is 0.407 e. The largest absolute Gasteiger partial charge is 0.480 e. The van der Waals surface area contributed by atoms with E-state index in [0.29, 0.717) is 12.3 Å². The maximum absolute atomic E-state index is 12.0. The summed E-state index contributed by atoms with van der Waals surface area (Å²) in [5.74, 6) is -1.59. The van der Waals surface area contributed by atoms with Crippen LogP contribution in [0.5, 0.6) is 0 Å². The quantitative estimate of drug-likeness (QED) is 0.165. The summed E-state index contributed by atoms with van der Waals surface area (Å²) in [6.07, 6.45) is 20.3. The highest BCUT2D eigenvalue weighted by molar-refractivity contribution is 5.84. The van der Waals surface area contributed by atoms with Crippen molar-refractivity contribution in [1.29, 1.82) is 0 Å². The zero-order valence-corrected chi connectivity index (χ0v) is 21.5. The average molecular weight is 495 g/mol. The van der Waals surface area contributed by atoms with Gasteiger partial charge in [0.25, 0.3) is 0 Å². The highest BCUT2D eigenvalue weighted by atomic mass is 16.5. The molecule has 1 heterocycles. The SMILES string of the molecule is CCCCCCCCCCCCCCCCOC(=O)NCCC(=O)N[C@@H](Cc1cnc[nH]1)C(=O)O. The Hall–Kier alpha value is -2.58. The number of nitrogens with one attached hydrogen (secondary N) is 3. The molecular weight excluding hydrogens is 448 g/mol. The second kappa shape index (κ2) is 20.8. The van der Waals surface area contributed by atoms with Crippen molar-refractivity contribution in [1.82, 2.24) is 20.6 Å². The van der Waals surface area contributed by atoms with Crippen LogP contribution in [0.25, 0.3) is 0 Å². The lowest BCUT2D eigenvalue weighted by atomic mass is 10.0. The number of amides is 2. The summed E-state index contributed by atoms with van der Waals surface area (Å²) in [6, 6.07) is -1.06. The first-order valence-corrected chi connectivity index (χ1v) is 13.4. The number of hydrogen-bond donors (Lipinski definition) is 4. The van der Waals surface area contributed by atoms with Crippen molar-refractivity contribution in [2.45, 2.75) is 116 Å². The van der Waals surface area contributed by atoms with Crippen molar-refractivity contribution >= 4 is 18.0 Å². The van der Waals surface area contributed by atoms with Crippen molar-refractivity contribution in [3.8, 4) is 0 Å². The number of aliphatic carboxylic acids is 1. The molecule has 0 fully saturated rings. The zero-order valence-electron chi connectivity index (χ0n) is 21.5. The summed E-state index contributed by atoms with van der Waals surface area (Å²) in [5, 5.41) is 14.2. The van der Waals surface area contributed by atoms with Crippen LogP contribution >= 0.6 is 0 Å². The number of carbonyl (C=O) groups is 3. The fourth-order valence-corrected chi connectivity index (χ4v) is 3.87. The smallest absolute Gasteiger partial charge is 0.407 e. The third kappa shape index (κ3) is 17.5. The minimum atomic E-state index is -1.13. The molecule has 0 unspecified atom stereocenters. The summed E-state index contributed by atoms with van der Waals surface area (Å²) in [5.41, 5.74) is 0.614. The lowest BCUT2D eigenvalue weighted by Gasteiger charge is -2.14. The third-order valence-corrected chi connectivity index (χ3v) is 5.96. The van der Waals surface area contributed by atoms with Crippen LogP contribution < -0.4 is 10.6 Å². The summed E-state index contributed by atoms with van der Waals surface area (Å²) in [7, 11) is 0. The molecule has 1 aromatic heterocycles. The molecule has 0 aromatic carbocycles. The second-order valence-electron chi connectivity index (χ2n) is 9.15. The van der Waals surface area contributed by atoms with E-state index < -0.39 is 24.0 Å². The number of rotatable bonds is 22. The molecule has 9 nitrogen and oxygen atoms in total. The Balaban J connectivity index is 1.91. The van der Waals surface area contributed by atoms with Crippen molar-refractivity contribution in [2.75, 3.05) is 13.2 Å². The summed E-state index contributed by atoms with van der Waals surface area (Å²) >= 11 is 0. The van der Waals surface area contributed by atoms with Gasteiger partial charge in [-0.2, -0.15) is 0 Å². The molecule has 0 saturated carbocycles. The van der Waals surface area contributed by atoms with Gasteiger partial charge in [0.2, 0.25) is 5.91 Å². The Kier molecular flexibility index (Phi) is 18.1. The molecule has 1 atom stereocenters. The van der Waals surface area contributed by atoms with Crippen molar-refractivity contribution in [3.05, 3.63) is 18.2 Å². The lowest BCUT2D eigenvalue weighted by molar-refractivity contribution is -0.141. The number of carboxylic acids is 1. The molecule has 4 N–H and O–H groups in total. The van der Waals surface area contributed by atoms with E-state index in [1.165, 1.54) is 83.2 Å². The van der Waals surface area contributed by atoms with E-state index in [1.807, 2.05) is 0 Å². The number of alkyl carbamates (subject to hydrolysis) is 1. The van der Waals surface area contributed by atoms with Gasteiger partial charge in [0.05, 0.1) is 12.9 Å². The number of nitrogens with zero attached hydrogens (tertiary/aromatic N) is 1. The second-order valence-corrected chi connectivity index (χ2v) is 9.15. The molecular formula is C26H46N4O5. The molecule has 0 aliphatic carbocycles. The van der Waals surface area contributed by atoms with Crippen LogP contribution in [0.1, 0.15) is 109 Å². The maximum atomic E-state index is 12.0. The van der Waals surface area contributed by atoms with Gasteiger partial charge in [-0.15, -0.1) is 0 Å². The number of aromatic nitrogens is 2. The number of imidazole rings is 1. The first-order chi connectivity index (χ1) is 17.0. The lowest BCUT2D eigenvalue weighted by Crippen LogP contribution is -2.43. The van der Waals surface area contributed by atoms with Gasteiger partial charge < -0.3 is 25.5 Å². The minimum Gasteiger partial charge on any atom is -0.480 e. The van der Waals surface area contributed by atoms with Gasteiger partial charge in [0.1, 0.15) is 6.04 Å². The molecule has 9 heteroatoms. The van der Waals surface area contributed by atoms with Crippen LogP contribution in [0.2, 0.25) is 0 Å². The van der Waals surface area contributed by atoms with E-state index in [9.17, 15) is 19.5 Å². The zero-order chi connectivity index (χ0) is 25.6. The number of ether oxygens (including phenoxy) is 1. The topological polar surface area (TPSA) is 133 Å². The van der Waals surface area contributed by atoms with Gasteiger partial charge in [-0.05, 0) is 6.42 Å². The number of hydrogen-bond acceptors (Lipinski definition) is 5. The fourth-order valence-electron chi connectivity index (χ4n) is 3.87. The van der Waals surface area contributed by atoms with E-state index in [2.05, 4.69) is 27.5 Å². The van der Waals surface area contributed by atoms with Crippen LogP contribution in [-0.2, 0) is 20.7 Å². The Labute approximate surface area is 210 Å². The Bertz CT molecular complexity index is 681. The van der Waals surface area contributed by atoms with Crippen molar-refractivity contribution < 1.29 is 24.2 Å². The van der Waals surface area contributed by atoms with E-state index in [1.54, 1.807) is 0 Å². The van der Waals surface area contributed by atoms with E-state index in [-0.39, 0.29) is 19.4 Å². The number of carboxylic acid groups (broad SMARTS) is 1. The van der Waals surface area contributed by atoms with Crippen LogP contribution in [0, 0.1) is 0 Å². The number of carbonyl (C=O) groups excluding carboxylic acids is 2. The van der Waals surface area contributed by atoms with Gasteiger partial charge >= 0.3 is 12.1 Å². The van der Waals surface area contributed by atoms with E-state index in [4.69, 9.17) is 4.74 Å². The van der Waals surface area contributed by atoms with Gasteiger partial charge in [-0.3, -0.25) is 4.79 Å². The Morgan fingerprint density at radius 2 is 1.51 bits per heavy atom. The first kappa shape index (κ1) is 30.5. The molecule has 1 rings (SSSR count). The van der Waals surface area contributed by atoms with Crippen LogP contribution in [0.4, 0.5) is 4.79 Å². The summed E-state index contributed by atoms with van der Waals surface area (Å²) in [4.78, 5) is 41.7. The van der Waals surface area contributed by atoms with Gasteiger partial charge in [-0.25, -0.2) is 14.6 Å².